The molecule has 0 bridgehead atoms. The summed E-state index contributed by atoms with van der Waals surface area (Å²) in [6.07, 6.45) is 2.23. The molecule has 5 heteroatoms. The molecule has 1 amide bonds. The van der Waals surface area contributed by atoms with Gasteiger partial charge in [0.05, 0.1) is 5.56 Å². The predicted molar refractivity (Wildman–Crippen MR) is 82.6 cm³/mol. The molecule has 0 radical (unpaired) electrons. The van der Waals surface area contributed by atoms with Gasteiger partial charge in [-0.1, -0.05) is 6.07 Å². The largest absolute Gasteiger partial charge is 0.508 e. The van der Waals surface area contributed by atoms with Crippen LogP contribution < -0.4 is 0 Å². The Labute approximate surface area is 130 Å². The number of carbonyl (C=O) groups excluding carboxylic acids is 2. The molecule has 0 saturated carbocycles. The summed E-state index contributed by atoms with van der Waals surface area (Å²) in [5.41, 5.74) is 0.236. The number of aromatic hydroxyl groups is 1. The summed E-state index contributed by atoms with van der Waals surface area (Å²) in [7, 11) is 0. The summed E-state index contributed by atoms with van der Waals surface area (Å²) in [5, 5.41) is 9.40. The van der Waals surface area contributed by atoms with Crippen LogP contribution in [0.1, 0.15) is 50.4 Å². The average Bonchev–Trinajstić information content (AvgIpc) is 2.46. The van der Waals surface area contributed by atoms with E-state index in [4.69, 9.17) is 4.74 Å². The number of phenolic OH excluding ortho intramolecular Hbond substituents is 1. The maximum absolute atomic E-state index is 12.6. The molecule has 1 aliphatic heterocycles. The zero-order valence-corrected chi connectivity index (χ0v) is 13.3. The molecule has 1 aromatic carbocycles. The van der Waals surface area contributed by atoms with Gasteiger partial charge < -0.3 is 14.7 Å². The zero-order valence-electron chi connectivity index (χ0n) is 13.3. The third kappa shape index (κ3) is 3.59. The number of esters is 1. The Morgan fingerprint density at radius 3 is 2.50 bits per heavy atom. The number of rotatable bonds is 3. The second-order valence-electron chi connectivity index (χ2n) is 5.97. The molecule has 22 heavy (non-hydrogen) atoms. The van der Waals surface area contributed by atoms with Crippen LogP contribution in [-0.2, 0) is 9.53 Å². The van der Waals surface area contributed by atoms with E-state index in [1.54, 1.807) is 19.1 Å². The minimum atomic E-state index is -0.835. The third-order valence-corrected chi connectivity index (χ3v) is 4.16. The molecule has 1 aromatic rings. The number of benzene rings is 1. The Balaban J connectivity index is 2.03. The first-order valence-corrected chi connectivity index (χ1v) is 7.72. The SMILES string of the molecule is C[C@@H]1CCC[C@@H](C)N1C(=O)[C@@H](C)OC(=O)c1cccc(O)c1. The molecule has 0 unspecified atom stereocenters. The van der Waals surface area contributed by atoms with Gasteiger partial charge in [-0.25, -0.2) is 4.79 Å². The Morgan fingerprint density at radius 1 is 1.27 bits per heavy atom. The Kier molecular flexibility index (Phi) is 5.06. The van der Waals surface area contributed by atoms with Crippen molar-refractivity contribution in [2.24, 2.45) is 0 Å². The molecule has 2 rings (SSSR count). The number of ether oxygens (including phenoxy) is 1. The normalized spacial score (nSPS) is 23.0. The second-order valence-corrected chi connectivity index (χ2v) is 5.97. The predicted octanol–water partition coefficient (Wildman–Crippen LogP) is 2.73. The topological polar surface area (TPSA) is 66.8 Å². The quantitative estimate of drug-likeness (QED) is 0.872. The highest BCUT2D eigenvalue weighted by Crippen LogP contribution is 2.24. The number of hydrogen-bond acceptors (Lipinski definition) is 4. The number of hydrogen-bond donors (Lipinski definition) is 1. The average molecular weight is 305 g/mol. The molecule has 1 saturated heterocycles. The van der Waals surface area contributed by atoms with E-state index in [9.17, 15) is 14.7 Å². The maximum atomic E-state index is 12.6. The fourth-order valence-corrected chi connectivity index (χ4v) is 2.98. The number of nitrogens with zero attached hydrogens (tertiary/aromatic N) is 1. The van der Waals surface area contributed by atoms with E-state index in [1.165, 1.54) is 12.1 Å². The Hall–Kier alpha value is -2.04. The molecule has 0 aromatic heterocycles. The van der Waals surface area contributed by atoms with E-state index in [-0.39, 0.29) is 29.3 Å². The standard InChI is InChI=1S/C17H23NO4/c1-11-6-4-7-12(2)18(11)16(20)13(3)22-17(21)14-8-5-9-15(19)10-14/h5,8-13,19H,4,6-7H2,1-3H3/t11-,12-,13-/m1/s1. The maximum Gasteiger partial charge on any atom is 0.339 e. The Morgan fingerprint density at radius 2 is 1.91 bits per heavy atom. The zero-order chi connectivity index (χ0) is 16.3. The van der Waals surface area contributed by atoms with Crippen molar-refractivity contribution in [1.82, 2.24) is 4.90 Å². The highest BCUT2D eigenvalue weighted by atomic mass is 16.5. The van der Waals surface area contributed by atoms with E-state index in [0.717, 1.165) is 19.3 Å². The van der Waals surface area contributed by atoms with Gasteiger partial charge in [0, 0.05) is 12.1 Å². The van der Waals surface area contributed by atoms with E-state index in [0.29, 0.717) is 0 Å². The van der Waals surface area contributed by atoms with Gasteiger partial charge in [-0.15, -0.1) is 0 Å². The van der Waals surface area contributed by atoms with Crippen LogP contribution in [0, 0.1) is 0 Å². The van der Waals surface area contributed by atoms with Gasteiger partial charge in [-0.2, -0.15) is 0 Å². The number of amides is 1. The highest BCUT2D eigenvalue weighted by Gasteiger charge is 2.33. The van der Waals surface area contributed by atoms with Gasteiger partial charge in [-0.05, 0) is 58.2 Å². The van der Waals surface area contributed by atoms with Crippen LogP contribution in [0.2, 0.25) is 0 Å². The van der Waals surface area contributed by atoms with Gasteiger partial charge in [0.15, 0.2) is 6.10 Å². The van der Waals surface area contributed by atoms with Gasteiger partial charge >= 0.3 is 5.97 Å². The van der Waals surface area contributed by atoms with Crippen molar-refractivity contribution in [2.75, 3.05) is 0 Å². The van der Waals surface area contributed by atoms with Crippen LogP contribution in [0.3, 0.4) is 0 Å². The smallest absolute Gasteiger partial charge is 0.339 e. The van der Waals surface area contributed by atoms with Gasteiger partial charge in [-0.3, -0.25) is 4.79 Å². The van der Waals surface area contributed by atoms with Gasteiger partial charge in [0.2, 0.25) is 0 Å². The van der Waals surface area contributed by atoms with E-state index < -0.39 is 12.1 Å². The van der Waals surface area contributed by atoms with Crippen molar-refractivity contribution in [3.05, 3.63) is 29.8 Å². The molecule has 1 fully saturated rings. The molecule has 0 aliphatic carbocycles. The second kappa shape index (κ2) is 6.81. The lowest BCUT2D eigenvalue weighted by Gasteiger charge is -2.40. The number of carbonyl (C=O) groups is 2. The first-order chi connectivity index (χ1) is 10.4. The lowest BCUT2D eigenvalue weighted by atomic mass is 9.97. The highest BCUT2D eigenvalue weighted by molar-refractivity contribution is 5.92. The van der Waals surface area contributed by atoms with Crippen LogP contribution >= 0.6 is 0 Å². The van der Waals surface area contributed by atoms with Gasteiger partial charge in [0.25, 0.3) is 5.91 Å². The van der Waals surface area contributed by atoms with Crippen molar-refractivity contribution < 1.29 is 19.4 Å². The Bertz CT molecular complexity index is 547. The van der Waals surface area contributed by atoms with Crippen molar-refractivity contribution in [3.63, 3.8) is 0 Å². The van der Waals surface area contributed by atoms with Crippen molar-refractivity contribution in [1.29, 1.82) is 0 Å². The fourth-order valence-electron chi connectivity index (χ4n) is 2.98. The number of likely N-dealkylation sites (tertiary alicyclic amines) is 1. The minimum Gasteiger partial charge on any atom is -0.508 e. The van der Waals surface area contributed by atoms with Crippen molar-refractivity contribution in [3.8, 4) is 5.75 Å². The van der Waals surface area contributed by atoms with Crippen LogP contribution in [-0.4, -0.2) is 40.1 Å². The molecule has 1 aliphatic rings. The van der Waals surface area contributed by atoms with Crippen molar-refractivity contribution >= 4 is 11.9 Å². The van der Waals surface area contributed by atoms with E-state index in [1.807, 2.05) is 18.7 Å². The molecule has 1 N–H and O–H groups in total. The van der Waals surface area contributed by atoms with E-state index >= 15 is 0 Å². The lowest BCUT2D eigenvalue weighted by molar-refractivity contribution is -0.146. The first kappa shape index (κ1) is 16.3. The molecular formula is C17H23NO4. The van der Waals surface area contributed by atoms with Crippen LogP contribution in [0.5, 0.6) is 5.75 Å². The number of piperidine rings is 1. The summed E-state index contributed by atoms with van der Waals surface area (Å²) in [6, 6.07) is 6.24. The summed E-state index contributed by atoms with van der Waals surface area (Å²) in [5.74, 6) is -0.769. The molecule has 3 atom stereocenters. The van der Waals surface area contributed by atoms with Crippen molar-refractivity contribution in [2.45, 2.75) is 58.2 Å². The summed E-state index contributed by atoms with van der Waals surface area (Å²) >= 11 is 0. The van der Waals surface area contributed by atoms with Crippen LogP contribution in [0.4, 0.5) is 0 Å². The summed E-state index contributed by atoms with van der Waals surface area (Å²) in [6.45, 7) is 5.64. The monoisotopic (exact) mass is 305 g/mol. The third-order valence-electron chi connectivity index (χ3n) is 4.16. The molecule has 5 nitrogen and oxygen atoms in total. The van der Waals surface area contributed by atoms with E-state index in [2.05, 4.69) is 0 Å². The van der Waals surface area contributed by atoms with Crippen LogP contribution in [0.15, 0.2) is 24.3 Å². The van der Waals surface area contributed by atoms with Gasteiger partial charge in [0.1, 0.15) is 5.75 Å². The lowest BCUT2D eigenvalue weighted by Crippen LogP contribution is -2.51. The molecule has 1 heterocycles. The molecular weight excluding hydrogens is 282 g/mol. The first-order valence-electron chi connectivity index (χ1n) is 7.72. The van der Waals surface area contributed by atoms with Crippen LogP contribution in [0.25, 0.3) is 0 Å². The molecule has 120 valence electrons. The molecule has 0 spiro atoms. The fraction of sp³-hybridized carbons (Fsp3) is 0.529. The minimum absolute atomic E-state index is 0.00768. The summed E-state index contributed by atoms with van der Waals surface area (Å²) in [4.78, 5) is 26.4. The number of phenols is 1. The summed E-state index contributed by atoms with van der Waals surface area (Å²) < 4.78 is 5.26.